The Bertz CT molecular complexity index is 467. The highest BCUT2D eigenvalue weighted by Crippen LogP contribution is 2.20. The molecular weight excluding hydrogens is 254 g/mol. The fourth-order valence-electron chi connectivity index (χ4n) is 2.69. The summed E-state index contributed by atoms with van der Waals surface area (Å²) in [5, 5.41) is 14.9. The number of nitrogens with one attached hydrogen (secondary N) is 1. The maximum atomic E-state index is 12.4. The van der Waals surface area contributed by atoms with Crippen molar-refractivity contribution in [2.24, 2.45) is 10.9 Å². The van der Waals surface area contributed by atoms with E-state index in [1.54, 1.807) is 0 Å². The first kappa shape index (κ1) is 14.4. The van der Waals surface area contributed by atoms with E-state index >= 15 is 0 Å². The number of amidine groups is 1. The smallest absolute Gasteiger partial charge is 0.235 e. The molecule has 1 atom stereocenters. The maximum Gasteiger partial charge on any atom is 0.235 e. The molecule has 0 aliphatic heterocycles. The normalized spacial score (nSPS) is 18.5. The fraction of sp³-hybridized carbons (Fsp3) is 0.467. The summed E-state index contributed by atoms with van der Waals surface area (Å²) in [6.45, 7) is 0. The molecular formula is C15H21N3O2. The predicted molar refractivity (Wildman–Crippen MR) is 77.6 cm³/mol. The zero-order valence-electron chi connectivity index (χ0n) is 11.5. The molecule has 20 heavy (non-hydrogen) atoms. The molecule has 1 aromatic rings. The second kappa shape index (κ2) is 6.93. The third kappa shape index (κ3) is 3.50. The van der Waals surface area contributed by atoms with Crippen molar-refractivity contribution in [2.45, 2.75) is 44.1 Å². The van der Waals surface area contributed by atoms with Crippen molar-refractivity contribution in [3.05, 3.63) is 35.9 Å². The number of hydrogen-bond acceptors (Lipinski definition) is 3. The molecule has 1 unspecified atom stereocenters. The number of rotatable bonds is 4. The summed E-state index contributed by atoms with van der Waals surface area (Å²) in [4.78, 5) is 12.4. The molecule has 0 radical (unpaired) electrons. The molecule has 4 N–H and O–H groups in total. The summed E-state index contributed by atoms with van der Waals surface area (Å²) in [5.74, 6) is -1.01. The van der Waals surface area contributed by atoms with Crippen molar-refractivity contribution in [1.82, 2.24) is 5.32 Å². The Balaban J connectivity index is 2.12. The van der Waals surface area contributed by atoms with Crippen LogP contribution in [0.25, 0.3) is 0 Å². The van der Waals surface area contributed by atoms with Crippen molar-refractivity contribution in [3.63, 3.8) is 0 Å². The van der Waals surface area contributed by atoms with E-state index in [2.05, 4.69) is 10.5 Å². The van der Waals surface area contributed by atoms with E-state index in [-0.39, 0.29) is 17.8 Å². The summed E-state index contributed by atoms with van der Waals surface area (Å²) in [6.07, 6.45) is 5.52. The van der Waals surface area contributed by atoms with E-state index in [0.29, 0.717) is 0 Å². The van der Waals surface area contributed by atoms with Gasteiger partial charge >= 0.3 is 0 Å². The number of carbonyl (C=O) groups excluding carboxylic acids is 1. The van der Waals surface area contributed by atoms with Gasteiger partial charge in [0.1, 0.15) is 5.92 Å². The van der Waals surface area contributed by atoms with Crippen LogP contribution in [0.5, 0.6) is 0 Å². The van der Waals surface area contributed by atoms with Gasteiger partial charge < -0.3 is 16.3 Å². The van der Waals surface area contributed by atoms with Crippen molar-refractivity contribution < 1.29 is 10.0 Å². The van der Waals surface area contributed by atoms with E-state index in [4.69, 9.17) is 10.9 Å². The summed E-state index contributed by atoms with van der Waals surface area (Å²) in [7, 11) is 0. The standard InChI is InChI=1S/C15H21N3O2/c16-14(18-20)13(11-7-3-1-4-8-11)15(19)17-12-9-5-2-6-10-12/h1,3-4,7-8,12-13,20H,2,5-6,9-10H2,(H2,16,18)(H,17,19). The van der Waals surface area contributed by atoms with Gasteiger partial charge in [-0.15, -0.1) is 0 Å². The Morgan fingerprint density at radius 2 is 1.90 bits per heavy atom. The Labute approximate surface area is 118 Å². The van der Waals surface area contributed by atoms with E-state index in [9.17, 15) is 4.79 Å². The summed E-state index contributed by atoms with van der Waals surface area (Å²) in [5.41, 5.74) is 6.43. The topological polar surface area (TPSA) is 87.7 Å². The first-order valence-corrected chi connectivity index (χ1v) is 7.05. The highest BCUT2D eigenvalue weighted by Gasteiger charge is 2.27. The average molecular weight is 275 g/mol. The van der Waals surface area contributed by atoms with Gasteiger partial charge in [0.25, 0.3) is 0 Å². The Kier molecular flexibility index (Phi) is 4.98. The number of amides is 1. The molecule has 0 saturated heterocycles. The number of oxime groups is 1. The summed E-state index contributed by atoms with van der Waals surface area (Å²) < 4.78 is 0. The molecule has 108 valence electrons. The zero-order valence-corrected chi connectivity index (χ0v) is 11.5. The third-order valence-corrected chi connectivity index (χ3v) is 3.76. The highest BCUT2D eigenvalue weighted by molar-refractivity contribution is 6.07. The molecule has 1 amide bonds. The van der Waals surface area contributed by atoms with Crippen LogP contribution < -0.4 is 11.1 Å². The third-order valence-electron chi connectivity index (χ3n) is 3.76. The quantitative estimate of drug-likeness (QED) is 0.340. The summed E-state index contributed by atoms with van der Waals surface area (Å²) >= 11 is 0. The Morgan fingerprint density at radius 1 is 1.25 bits per heavy atom. The van der Waals surface area contributed by atoms with Crippen molar-refractivity contribution in [3.8, 4) is 0 Å². The lowest BCUT2D eigenvalue weighted by Crippen LogP contribution is -2.43. The Hall–Kier alpha value is -2.04. The SMILES string of the molecule is NC(=NO)C(C(=O)NC1CCCCC1)c1ccccc1. The van der Waals surface area contributed by atoms with Crippen LogP contribution in [0.4, 0.5) is 0 Å². The van der Waals surface area contributed by atoms with Gasteiger partial charge in [0.15, 0.2) is 5.84 Å². The van der Waals surface area contributed by atoms with Crippen LogP contribution in [-0.2, 0) is 4.79 Å². The second-order valence-corrected chi connectivity index (χ2v) is 5.21. The van der Waals surface area contributed by atoms with Gasteiger partial charge in [0, 0.05) is 6.04 Å². The molecule has 1 aliphatic rings. The van der Waals surface area contributed by atoms with Gasteiger partial charge in [-0.25, -0.2) is 0 Å². The van der Waals surface area contributed by atoms with Gasteiger partial charge in [0.2, 0.25) is 5.91 Å². The van der Waals surface area contributed by atoms with Crippen LogP contribution in [0, 0.1) is 0 Å². The minimum Gasteiger partial charge on any atom is -0.409 e. The van der Waals surface area contributed by atoms with Crippen LogP contribution >= 0.6 is 0 Å². The first-order valence-electron chi connectivity index (χ1n) is 7.05. The van der Waals surface area contributed by atoms with E-state index in [1.807, 2.05) is 30.3 Å². The van der Waals surface area contributed by atoms with Gasteiger partial charge in [-0.2, -0.15) is 0 Å². The van der Waals surface area contributed by atoms with Crippen molar-refractivity contribution in [2.75, 3.05) is 0 Å². The molecule has 5 nitrogen and oxygen atoms in total. The Morgan fingerprint density at radius 3 is 2.50 bits per heavy atom. The number of nitrogens with two attached hydrogens (primary N) is 1. The van der Waals surface area contributed by atoms with Crippen LogP contribution in [0.3, 0.4) is 0 Å². The first-order chi connectivity index (χ1) is 9.72. The van der Waals surface area contributed by atoms with E-state index < -0.39 is 5.92 Å². The molecule has 1 fully saturated rings. The van der Waals surface area contributed by atoms with Gasteiger partial charge in [-0.1, -0.05) is 54.8 Å². The van der Waals surface area contributed by atoms with Crippen molar-refractivity contribution >= 4 is 11.7 Å². The number of benzene rings is 1. The second-order valence-electron chi connectivity index (χ2n) is 5.21. The maximum absolute atomic E-state index is 12.4. The lowest BCUT2D eigenvalue weighted by Gasteiger charge is -2.25. The predicted octanol–water partition coefficient (Wildman–Crippen LogP) is 1.97. The number of nitrogens with zero attached hydrogens (tertiary/aromatic N) is 1. The van der Waals surface area contributed by atoms with E-state index in [1.165, 1.54) is 6.42 Å². The lowest BCUT2D eigenvalue weighted by molar-refractivity contribution is -0.122. The molecule has 1 aliphatic carbocycles. The van der Waals surface area contributed by atoms with Crippen LogP contribution in [0.1, 0.15) is 43.6 Å². The minimum absolute atomic E-state index is 0.0792. The molecule has 0 spiro atoms. The minimum atomic E-state index is -0.733. The highest BCUT2D eigenvalue weighted by atomic mass is 16.4. The number of carbonyl (C=O) groups is 1. The molecule has 5 heteroatoms. The van der Waals surface area contributed by atoms with E-state index in [0.717, 1.165) is 31.2 Å². The van der Waals surface area contributed by atoms with Gasteiger partial charge in [0.05, 0.1) is 0 Å². The molecule has 1 saturated carbocycles. The van der Waals surface area contributed by atoms with Crippen LogP contribution in [0.15, 0.2) is 35.5 Å². The molecule has 2 rings (SSSR count). The fourth-order valence-corrected chi connectivity index (χ4v) is 2.69. The van der Waals surface area contributed by atoms with Crippen molar-refractivity contribution in [1.29, 1.82) is 0 Å². The lowest BCUT2D eigenvalue weighted by atomic mass is 9.93. The monoisotopic (exact) mass is 275 g/mol. The number of hydrogen-bond donors (Lipinski definition) is 3. The van der Waals surface area contributed by atoms with Gasteiger partial charge in [-0.05, 0) is 18.4 Å². The summed E-state index contributed by atoms with van der Waals surface area (Å²) in [6, 6.07) is 9.36. The molecule has 0 heterocycles. The molecule has 1 aromatic carbocycles. The largest absolute Gasteiger partial charge is 0.409 e. The van der Waals surface area contributed by atoms with Crippen LogP contribution in [-0.4, -0.2) is 23.0 Å². The van der Waals surface area contributed by atoms with Gasteiger partial charge in [-0.3, -0.25) is 4.79 Å². The van der Waals surface area contributed by atoms with Crippen LogP contribution in [0.2, 0.25) is 0 Å². The molecule has 0 aromatic heterocycles. The molecule has 0 bridgehead atoms. The average Bonchev–Trinajstić information content (AvgIpc) is 2.49. The zero-order chi connectivity index (χ0) is 14.4.